The van der Waals surface area contributed by atoms with Crippen LogP contribution in [0.25, 0.3) is 22.1 Å². The quantitative estimate of drug-likeness (QED) is 0.426. The predicted molar refractivity (Wildman–Crippen MR) is 98.0 cm³/mol. The Hall–Kier alpha value is -3.39. The van der Waals surface area contributed by atoms with Gasteiger partial charge in [-0.2, -0.15) is 10.1 Å². The van der Waals surface area contributed by atoms with Crippen molar-refractivity contribution in [2.45, 2.75) is 0 Å². The smallest absolute Gasteiger partial charge is 0.265 e. The highest BCUT2D eigenvalue weighted by Crippen LogP contribution is 2.36. The van der Waals surface area contributed by atoms with Gasteiger partial charge in [-0.3, -0.25) is 0 Å². The lowest BCUT2D eigenvalue weighted by atomic mass is 10.2. The minimum Gasteiger partial charge on any atom is -0.454 e. The summed E-state index contributed by atoms with van der Waals surface area (Å²) in [7, 11) is 0. The van der Waals surface area contributed by atoms with Crippen LogP contribution in [0.1, 0.15) is 5.56 Å². The average molecular weight is 367 g/mol. The number of benzene rings is 2. The Morgan fingerprint density at radius 2 is 2.00 bits per heavy atom. The van der Waals surface area contributed by atoms with Gasteiger partial charge in [-0.1, -0.05) is 29.8 Å². The number of H-pyrrole nitrogens is 1. The molecule has 0 bridgehead atoms. The van der Waals surface area contributed by atoms with Crippen LogP contribution in [0.4, 0.5) is 5.95 Å². The predicted octanol–water partition coefficient (Wildman–Crippen LogP) is 3.33. The van der Waals surface area contributed by atoms with Crippen molar-refractivity contribution in [1.29, 1.82) is 0 Å². The molecule has 5 rings (SSSR count). The first-order chi connectivity index (χ1) is 12.8. The summed E-state index contributed by atoms with van der Waals surface area (Å²) in [5.41, 5.74) is 5.75. The van der Waals surface area contributed by atoms with Gasteiger partial charge >= 0.3 is 0 Å². The van der Waals surface area contributed by atoms with E-state index in [2.05, 4.69) is 30.7 Å². The summed E-state index contributed by atoms with van der Waals surface area (Å²) < 4.78 is 10.6. The van der Waals surface area contributed by atoms with Crippen molar-refractivity contribution < 1.29 is 9.47 Å². The van der Waals surface area contributed by atoms with Crippen molar-refractivity contribution in [2.75, 3.05) is 12.2 Å². The Morgan fingerprint density at radius 1 is 1.15 bits per heavy atom. The normalized spacial score (nSPS) is 13.1. The molecule has 1 aliphatic heterocycles. The minimum absolute atomic E-state index is 0.189. The van der Waals surface area contributed by atoms with Gasteiger partial charge in [-0.05, 0) is 12.1 Å². The highest BCUT2D eigenvalue weighted by molar-refractivity contribution is 6.33. The highest BCUT2D eigenvalue weighted by Gasteiger charge is 2.15. The zero-order valence-corrected chi connectivity index (χ0v) is 14.0. The first-order valence-corrected chi connectivity index (χ1v) is 8.15. The number of fused-ring (bicyclic) bond motifs is 4. The molecule has 128 valence electrons. The van der Waals surface area contributed by atoms with Gasteiger partial charge in [0, 0.05) is 22.5 Å². The van der Waals surface area contributed by atoms with E-state index in [4.69, 9.17) is 21.1 Å². The number of hydrazone groups is 1. The molecule has 26 heavy (non-hydrogen) atoms. The van der Waals surface area contributed by atoms with Crippen LogP contribution in [0.3, 0.4) is 0 Å². The molecular formula is C17H11ClN6O2. The SMILES string of the molecule is Clc1cc2c(cc1C=NNc1nnc3c(n1)[nH]c1ccccc13)OCO2. The molecule has 0 spiro atoms. The first kappa shape index (κ1) is 14.9. The summed E-state index contributed by atoms with van der Waals surface area (Å²) in [4.78, 5) is 7.60. The van der Waals surface area contributed by atoms with Crippen molar-refractivity contribution in [3.8, 4) is 11.5 Å². The molecular weight excluding hydrogens is 356 g/mol. The van der Waals surface area contributed by atoms with E-state index in [9.17, 15) is 0 Å². The fourth-order valence-corrected chi connectivity index (χ4v) is 2.96. The summed E-state index contributed by atoms with van der Waals surface area (Å²) in [6, 6.07) is 11.3. The third kappa shape index (κ3) is 2.47. The molecule has 0 fully saturated rings. The fourth-order valence-electron chi connectivity index (χ4n) is 2.76. The minimum atomic E-state index is 0.189. The maximum absolute atomic E-state index is 6.21. The van der Waals surface area contributed by atoms with Crippen molar-refractivity contribution in [1.82, 2.24) is 20.2 Å². The van der Waals surface area contributed by atoms with E-state index in [0.717, 1.165) is 10.9 Å². The number of nitrogens with zero attached hydrogens (tertiary/aromatic N) is 4. The van der Waals surface area contributed by atoms with E-state index in [-0.39, 0.29) is 12.7 Å². The summed E-state index contributed by atoms with van der Waals surface area (Å²) in [6.07, 6.45) is 1.56. The molecule has 0 saturated heterocycles. The lowest BCUT2D eigenvalue weighted by molar-refractivity contribution is 0.174. The second-order valence-corrected chi connectivity index (χ2v) is 6.01. The molecule has 1 aliphatic rings. The number of ether oxygens (including phenoxy) is 2. The number of nitrogens with one attached hydrogen (secondary N) is 2. The Labute approximate surface area is 151 Å². The van der Waals surface area contributed by atoms with Crippen LogP contribution in [0.5, 0.6) is 11.5 Å². The summed E-state index contributed by atoms with van der Waals surface area (Å²) in [5, 5.41) is 13.9. The number of aromatic nitrogens is 4. The van der Waals surface area contributed by atoms with Crippen LogP contribution in [0, 0.1) is 0 Å². The van der Waals surface area contributed by atoms with Gasteiger partial charge < -0.3 is 14.5 Å². The molecule has 2 aromatic carbocycles. The van der Waals surface area contributed by atoms with E-state index in [0.29, 0.717) is 33.2 Å². The summed E-state index contributed by atoms with van der Waals surface area (Å²) in [5.74, 6) is 1.53. The van der Waals surface area contributed by atoms with E-state index in [1.165, 1.54) is 0 Å². The van der Waals surface area contributed by atoms with Crippen LogP contribution in [-0.2, 0) is 0 Å². The lowest BCUT2D eigenvalue weighted by Gasteiger charge is -2.01. The Kier molecular flexibility index (Phi) is 3.36. The topological polar surface area (TPSA) is 97.3 Å². The fraction of sp³-hybridized carbons (Fsp3) is 0.0588. The molecule has 0 saturated carbocycles. The summed E-state index contributed by atoms with van der Waals surface area (Å²) >= 11 is 6.21. The number of anilines is 1. The zero-order valence-electron chi connectivity index (χ0n) is 13.2. The van der Waals surface area contributed by atoms with Crippen molar-refractivity contribution in [3.05, 3.63) is 47.0 Å². The largest absolute Gasteiger partial charge is 0.454 e. The third-order valence-electron chi connectivity index (χ3n) is 3.98. The molecule has 0 unspecified atom stereocenters. The Balaban J connectivity index is 1.41. The maximum Gasteiger partial charge on any atom is 0.265 e. The number of para-hydroxylation sites is 1. The van der Waals surface area contributed by atoms with E-state index in [1.807, 2.05) is 24.3 Å². The van der Waals surface area contributed by atoms with Gasteiger partial charge in [0.05, 0.1) is 11.2 Å². The third-order valence-corrected chi connectivity index (χ3v) is 4.31. The van der Waals surface area contributed by atoms with Crippen molar-refractivity contribution in [3.63, 3.8) is 0 Å². The molecule has 9 heteroatoms. The molecule has 2 N–H and O–H groups in total. The summed E-state index contributed by atoms with van der Waals surface area (Å²) in [6.45, 7) is 0.189. The van der Waals surface area contributed by atoms with Gasteiger partial charge in [-0.25, -0.2) is 5.43 Å². The van der Waals surface area contributed by atoms with Gasteiger partial charge in [0.15, 0.2) is 17.1 Å². The average Bonchev–Trinajstić information content (AvgIpc) is 3.25. The van der Waals surface area contributed by atoms with Crippen molar-refractivity contribution in [2.24, 2.45) is 5.10 Å². The van der Waals surface area contributed by atoms with Crippen LogP contribution >= 0.6 is 11.6 Å². The molecule has 2 aromatic heterocycles. The number of halogens is 1. The van der Waals surface area contributed by atoms with Crippen LogP contribution in [-0.4, -0.2) is 33.2 Å². The lowest BCUT2D eigenvalue weighted by Crippen LogP contribution is -1.99. The molecule has 0 aliphatic carbocycles. The molecule has 0 atom stereocenters. The molecule has 4 aromatic rings. The van der Waals surface area contributed by atoms with Crippen LogP contribution < -0.4 is 14.9 Å². The van der Waals surface area contributed by atoms with Crippen LogP contribution in [0.2, 0.25) is 5.02 Å². The van der Waals surface area contributed by atoms with E-state index >= 15 is 0 Å². The second kappa shape index (κ2) is 5.85. The maximum atomic E-state index is 6.21. The van der Waals surface area contributed by atoms with Gasteiger partial charge in [0.2, 0.25) is 6.79 Å². The molecule has 8 nitrogen and oxygen atoms in total. The molecule has 0 radical (unpaired) electrons. The van der Waals surface area contributed by atoms with Crippen LogP contribution in [0.15, 0.2) is 41.5 Å². The number of aromatic amines is 1. The van der Waals surface area contributed by atoms with Gasteiger partial charge in [0.25, 0.3) is 5.95 Å². The molecule has 3 heterocycles. The Morgan fingerprint density at radius 3 is 2.92 bits per heavy atom. The van der Waals surface area contributed by atoms with Crippen molar-refractivity contribution >= 4 is 45.8 Å². The van der Waals surface area contributed by atoms with Gasteiger partial charge in [-0.15, -0.1) is 10.2 Å². The monoisotopic (exact) mass is 366 g/mol. The first-order valence-electron chi connectivity index (χ1n) is 7.77. The zero-order chi connectivity index (χ0) is 17.5. The number of rotatable bonds is 3. The second-order valence-electron chi connectivity index (χ2n) is 5.60. The van der Waals surface area contributed by atoms with E-state index < -0.39 is 0 Å². The number of hydrogen-bond donors (Lipinski definition) is 2. The Bertz CT molecular complexity index is 1170. The molecule has 0 amide bonds. The standard InChI is InChI=1S/C17H11ClN6O2/c18-11-6-14-13(25-8-26-14)5-9(11)7-19-23-17-21-16-15(22-24-17)10-3-1-2-4-12(10)20-16/h1-7H,8H2,(H2,20,21,23,24). The van der Waals surface area contributed by atoms with E-state index in [1.54, 1.807) is 18.3 Å². The van der Waals surface area contributed by atoms with Gasteiger partial charge in [0.1, 0.15) is 5.52 Å². The number of hydrogen-bond acceptors (Lipinski definition) is 7. The highest BCUT2D eigenvalue weighted by atomic mass is 35.5.